The fraction of sp³-hybridized carbons (Fsp3) is 0.462. The van der Waals surface area contributed by atoms with Gasteiger partial charge in [-0.25, -0.2) is 8.42 Å². The molecular formula is C26H35Cl2N3O4S. The van der Waals surface area contributed by atoms with E-state index < -0.39 is 16.1 Å². The van der Waals surface area contributed by atoms with Crippen LogP contribution in [0, 0.1) is 13.8 Å². The molecule has 0 aromatic heterocycles. The molecule has 10 heteroatoms. The van der Waals surface area contributed by atoms with Gasteiger partial charge in [-0.2, -0.15) is 0 Å². The Morgan fingerprint density at radius 3 is 2.39 bits per heavy atom. The third-order valence-electron chi connectivity index (χ3n) is 6.05. The van der Waals surface area contributed by atoms with Crippen LogP contribution >= 0.6 is 23.2 Å². The lowest BCUT2D eigenvalue weighted by atomic mass is 10.1. The van der Waals surface area contributed by atoms with Gasteiger partial charge in [0.2, 0.25) is 21.8 Å². The predicted octanol–water partition coefficient (Wildman–Crippen LogP) is 5.10. The molecule has 0 radical (unpaired) electrons. The minimum absolute atomic E-state index is 0.0730. The van der Waals surface area contributed by atoms with Gasteiger partial charge in [0.25, 0.3) is 0 Å². The van der Waals surface area contributed by atoms with Gasteiger partial charge in [0.15, 0.2) is 0 Å². The monoisotopic (exact) mass is 555 g/mol. The van der Waals surface area contributed by atoms with Gasteiger partial charge in [0.05, 0.1) is 22.0 Å². The molecule has 0 bridgehead atoms. The molecule has 1 N–H and O–H groups in total. The fourth-order valence-electron chi connectivity index (χ4n) is 3.80. The number of carbonyl (C=O) groups excluding carboxylic acids is 2. The molecule has 0 saturated carbocycles. The zero-order chi connectivity index (χ0) is 27.0. The molecule has 0 fully saturated rings. The van der Waals surface area contributed by atoms with E-state index in [1.807, 2.05) is 32.9 Å². The summed E-state index contributed by atoms with van der Waals surface area (Å²) in [6, 6.07) is 9.87. The molecule has 2 rings (SSSR count). The van der Waals surface area contributed by atoms with Crippen molar-refractivity contribution in [3.63, 3.8) is 0 Å². The fourth-order valence-corrected chi connectivity index (χ4v) is 5.14. The van der Waals surface area contributed by atoms with Crippen LogP contribution in [-0.2, 0) is 26.2 Å². The highest BCUT2D eigenvalue weighted by Gasteiger charge is 2.27. The maximum absolute atomic E-state index is 13.3. The Hall–Kier alpha value is -2.29. The average Bonchev–Trinajstić information content (AvgIpc) is 2.81. The number of nitrogens with one attached hydrogen (secondary N) is 1. The van der Waals surface area contributed by atoms with E-state index >= 15 is 0 Å². The largest absolute Gasteiger partial charge is 0.354 e. The third-order valence-corrected chi connectivity index (χ3v) is 7.97. The van der Waals surface area contributed by atoms with Gasteiger partial charge < -0.3 is 10.2 Å². The molecule has 0 unspecified atom stereocenters. The molecule has 0 aliphatic rings. The number of sulfonamides is 1. The lowest BCUT2D eigenvalue weighted by molar-refractivity contribution is -0.140. The van der Waals surface area contributed by atoms with Gasteiger partial charge in [-0.15, -0.1) is 0 Å². The van der Waals surface area contributed by atoms with Gasteiger partial charge in [0.1, 0.15) is 6.04 Å². The smallest absolute Gasteiger partial charge is 0.242 e. The Morgan fingerprint density at radius 1 is 1.08 bits per heavy atom. The van der Waals surface area contributed by atoms with E-state index in [1.54, 1.807) is 31.2 Å². The van der Waals surface area contributed by atoms with Crippen LogP contribution in [0.1, 0.15) is 49.8 Å². The standard InChI is InChI=1S/C26H35Cl2N3O4S/c1-6-14-29-26(33)20(4)30(17-21-12-13-22(27)23(28)16-21)25(32)11-8-15-31(36(5,34)35)24-10-7-9-18(2)19(24)3/h7,9-10,12-13,16,20H,6,8,11,14-15,17H2,1-5H3,(H,29,33)/t20-/m0/s1. The first-order chi connectivity index (χ1) is 16.9. The van der Waals surface area contributed by atoms with Gasteiger partial charge in [-0.3, -0.25) is 13.9 Å². The van der Waals surface area contributed by atoms with E-state index in [0.717, 1.165) is 29.4 Å². The van der Waals surface area contributed by atoms with E-state index in [9.17, 15) is 18.0 Å². The van der Waals surface area contributed by atoms with Crippen LogP contribution in [0.4, 0.5) is 5.69 Å². The number of benzene rings is 2. The first kappa shape index (κ1) is 29.9. The van der Waals surface area contributed by atoms with Gasteiger partial charge >= 0.3 is 0 Å². The minimum Gasteiger partial charge on any atom is -0.354 e. The maximum atomic E-state index is 13.3. The van der Waals surface area contributed by atoms with Crippen LogP contribution < -0.4 is 9.62 Å². The van der Waals surface area contributed by atoms with E-state index in [2.05, 4.69) is 5.32 Å². The first-order valence-electron chi connectivity index (χ1n) is 11.9. The number of carbonyl (C=O) groups is 2. The molecule has 7 nitrogen and oxygen atoms in total. The maximum Gasteiger partial charge on any atom is 0.242 e. The second-order valence-corrected chi connectivity index (χ2v) is 11.6. The van der Waals surface area contributed by atoms with Crippen LogP contribution in [0.5, 0.6) is 0 Å². The highest BCUT2D eigenvalue weighted by molar-refractivity contribution is 7.92. The number of hydrogen-bond donors (Lipinski definition) is 1. The molecule has 1 atom stereocenters. The summed E-state index contributed by atoms with van der Waals surface area (Å²) in [6.07, 6.45) is 2.30. The Kier molecular flexibility index (Phi) is 11.1. The lowest BCUT2D eigenvalue weighted by Crippen LogP contribution is -2.47. The van der Waals surface area contributed by atoms with Crippen LogP contribution in [0.2, 0.25) is 10.0 Å². The molecule has 0 heterocycles. The molecule has 0 aliphatic carbocycles. The summed E-state index contributed by atoms with van der Waals surface area (Å²) in [5.74, 6) is -0.506. The number of rotatable bonds is 12. The zero-order valence-electron chi connectivity index (χ0n) is 21.5. The van der Waals surface area contributed by atoms with Crippen LogP contribution in [0.3, 0.4) is 0 Å². The summed E-state index contributed by atoms with van der Waals surface area (Å²) in [6.45, 7) is 8.26. The summed E-state index contributed by atoms with van der Waals surface area (Å²) in [5, 5.41) is 3.60. The Bertz CT molecular complexity index is 1190. The van der Waals surface area contributed by atoms with E-state index in [0.29, 0.717) is 28.7 Å². The van der Waals surface area contributed by atoms with Gasteiger partial charge in [0, 0.05) is 26.1 Å². The lowest BCUT2D eigenvalue weighted by Gasteiger charge is -2.30. The van der Waals surface area contributed by atoms with Crippen molar-refractivity contribution in [2.24, 2.45) is 0 Å². The molecule has 36 heavy (non-hydrogen) atoms. The van der Waals surface area contributed by atoms with Crippen molar-refractivity contribution in [2.75, 3.05) is 23.7 Å². The molecule has 2 amide bonds. The summed E-state index contributed by atoms with van der Waals surface area (Å²) in [5.41, 5.74) is 3.19. The van der Waals surface area contributed by atoms with Crippen molar-refractivity contribution in [1.29, 1.82) is 0 Å². The molecule has 2 aromatic carbocycles. The first-order valence-corrected chi connectivity index (χ1v) is 14.5. The molecular weight excluding hydrogens is 521 g/mol. The molecule has 0 saturated heterocycles. The second kappa shape index (κ2) is 13.3. The van der Waals surface area contributed by atoms with Crippen LogP contribution in [0.25, 0.3) is 0 Å². The molecule has 2 aromatic rings. The summed E-state index contributed by atoms with van der Waals surface area (Å²) in [7, 11) is -3.56. The number of anilines is 1. The van der Waals surface area contributed by atoms with E-state index in [-0.39, 0.29) is 31.3 Å². The van der Waals surface area contributed by atoms with Crippen molar-refractivity contribution in [3.05, 3.63) is 63.1 Å². The van der Waals surface area contributed by atoms with E-state index in [4.69, 9.17) is 23.2 Å². The minimum atomic E-state index is -3.56. The summed E-state index contributed by atoms with van der Waals surface area (Å²) < 4.78 is 26.5. The number of halogens is 2. The van der Waals surface area contributed by atoms with Gasteiger partial charge in [-0.05, 0) is 68.5 Å². The molecule has 198 valence electrons. The second-order valence-electron chi connectivity index (χ2n) is 8.89. The summed E-state index contributed by atoms with van der Waals surface area (Å²) in [4.78, 5) is 27.5. The zero-order valence-corrected chi connectivity index (χ0v) is 23.8. The van der Waals surface area contributed by atoms with Crippen molar-refractivity contribution in [1.82, 2.24) is 10.2 Å². The van der Waals surface area contributed by atoms with Crippen LogP contribution in [0.15, 0.2) is 36.4 Å². The molecule has 0 spiro atoms. The highest BCUT2D eigenvalue weighted by atomic mass is 35.5. The topological polar surface area (TPSA) is 86.8 Å². The van der Waals surface area contributed by atoms with Crippen LogP contribution in [-0.4, -0.2) is 50.5 Å². The van der Waals surface area contributed by atoms with Crippen molar-refractivity contribution in [3.8, 4) is 0 Å². The predicted molar refractivity (Wildman–Crippen MR) is 147 cm³/mol. The normalized spacial score (nSPS) is 12.2. The number of nitrogens with zero attached hydrogens (tertiary/aromatic N) is 2. The molecule has 0 aliphatic heterocycles. The summed E-state index contributed by atoms with van der Waals surface area (Å²) >= 11 is 12.2. The quantitative estimate of drug-likeness (QED) is 0.394. The van der Waals surface area contributed by atoms with Crippen molar-refractivity contribution >= 4 is 50.7 Å². The van der Waals surface area contributed by atoms with Crippen molar-refractivity contribution < 1.29 is 18.0 Å². The average molecular weight is 557 g/mol. The van der Waals surface area contributed by atoms with E-state index in [1.165, 1.54) is 9.21 Å². The van der Waals surface area contributed by atoms with Gasteiger partial charge in [-0.1, -0.05) is 48.3 Å². The Labute approximate surface area is 224 Å². The third kappa shape index (κ3) is 8.11. The SMILES string of the molecule is CCCNC(=O)[C@H](C)N(Cc1ccc(Cl)c(Cl)c1)C(=O)CCCN(c1cccc(C)c1C)S(C)(=O)=O. The Balaban J connectivity index is 2.21. The van der Waals surface area contributed by atoms with Crippen molar-refractivity contribution in [2.45, 2.75) is 59.5 Å². The number of aryl methyl sites for hydroxylation is 1. The highest BCUT2D eigenvalue weighted by Crippen LogP contribution is 2.26. The number of hydrogen-bond acceptors (Lipinski definition) is 4. The number of amides is 2. The Morgan fingerprint density at radius 2 is 1.78 bits per heavy atom.